The second-order valence-corrected chi connectivity index (χ2v) is 8.72. The minimum Gasteiger partial charge on any atom is -0.423 e. The van der Waals surface area contributed by atoms with E-state index >= 15 is 0 Å². The maximum atomic E-state index is 13.8. The van der Waals surface area contributed by atoms with Crippen LogP contribution in [-0.4, -0.2) is 11.9 Å². The van der Waals surface area contributed by atoms with Crippen LogP contribution in [0.3, 0.4) is 0 Å². The van der Waals surface area contributed by atoms with Gasteiger partial charge in [0.15, 0.2) is 23.3 Å². The third-order valence-corrected chi connectivity index (χ3v) is 6.28. The van der Waals surface area contributed by atoms with Gasteiger partial charge in [-0.05, 0) is 96.1 Å². The molecule has 0 aliphatic rings. The molecule has 0 atom stereocenters. The van der Waals surface area contributed by atoms with Crippen molar-refractivity contribution in [1.82, 2.24) is 0 Å². The summed E-state index contributed by atoms with van der Waals surface area (Å²) < 4.78 is 65.2. The van der Waals surface area contributed by atoms with Crippen LogP contribution in [0.25, 0.3) is 21.5 Å². The second-order valence-electron chi connectivity index (χ2n) is 8.72. The first kappa shape index (κ1) is 25.0. The van der Waals surface area contributed by atoms with Gasteiger partial charge < -0.3 is 9.47 Å². The average molecular weight is 518 g/mol. The first-order valence-electron chi connectivity index (χ1n) is 11.4. The predicted octanol–water partition coefficient (Wildman–Crippen LogP) is 7.60. The summed E-state index contributed by atoms with van der Waals surface area (Å²) in [5.74, 6) is -5.49. The van der Waals surface area contributed by atoms with Gasteiger partial charge in [-0.2, -0.15) is 0 Å². The number of fused-ring (bicyclic) bond motifs is 2. The number of ether oxygens (including phenoxy) is 2. The van der Waals surface area contributed by atoms with E-state index in [1.54, 1.807) is 36.4 Å². The monoisotopic (exact) mass is 518 g/mol. The molecule has 5 aromatic carbocycles. The first-order chi connectivity index (χ1) is 18.1. The lowest BCUT2D eigenvalue weighted by atomic mass is 10.0. The molecule has 5 rings (SSSR count). The van der Waals surface area contributed by atoms with Crippen molar-refractivity contribution in [2.24, 2.45) is 0 Å². The SMILES string of the molecule is Cc1c(C(=O)Oc2ccc3cc4cc(OC(=O)c5ccc(F)c(F)c5C)ccc4cc3c2)ccc(F)c1F. The molecule has 8 heteroatoms. The zero-order valence-electron chi connectivity index (χ0n) is 20.1. The number of esters is 2. The van der Waals surface area contributed by atoms with Crippen LogP contribution in [0.1, 0.15) is 31.8 Å². The van der Waals surface area contributed by atoms with Crippen molar-refractivity contribution < 1.29 is 36.6 Å². The van der Waals surface area contributed by atoms with Crippen LogP contribution in [0, 0.1) is 37.1 Å². The van der Waals surface area contributed by atoms with E-state index < -0.39 is 35.2 Å². The summed E-state index contributed by atoms with van der Waals surface area (Å²) >= 11 is 0. The smallest absolute Gasteiger partial charge is 0.343 e. The van der Waals surface area contributed by atoms with Crippen LogP contribution in [0.5, 0.6) is 11.5 Å². The minimum absolute atomic E-state index is 0.0804. The Kier molecular flexibility index (Phi) is 6.32. The van der Waals surface area contributed by atoms with Crippen LogP contribution in [0.15, 0.2) is 72.8 Å². The van der Waals surface area contributed by atoms with Crippen LogP contribution in [0.2, 0.25) is 0 Å². The predicted molar refractivity (Wildman–Crippen MR) is 134 cm³/mol. The number of carbonyl (C=O) groups is 2. The highest BCUT2D eigenvalue weighted by Gasteiger charge is 2.19. The summed E-state index contributed by atoms with van der Waals surface area (Å²) in [6, 6.07) is 17.6. The van der Waals surface area contributed by atoms with Gasteiger partial charge in [0, 0.05) is 11.1 Å². The van der Waals surface area contributed by atoms with Crippen LogP contribution in [-0.2, 0) is 0 Å². The van der Waals surface area contributed by atoms with Gasteiger partial charge in [-0.1, -0.05) is 12.1 Å². The molecule has 0 unspecified atom stereocenters. The van der Waals surface area contributed by atoms with Gasteiger partial charge in [0.2, 0.25) is 0 Å². The Hall–Kier alpha value is -4.72. The summed E-state index contributed by atoms with van der Waals surface area (Å²) in [5, 5.41) is 3.07. The molecular weight excluding hydrogens is 500 g/mol. The van der Waals surface area contributed by atoms with Gasteiger partial charge in [0.1, 0.15) is 11.5 Å². The maximum absolute atomic E-state index is 13.8. The van der Waals surface area contributed by atoms with Gasteiger partial charge in [-0.25, -0.2) is 27.2 Å². The van der Waals surface area contributed by atoms with E-state index in [9.17, 15) is 27.2 Å². The third-order valence-electron chi connectivity index (χ3n) is 6.28. The van der Waals surface area contributed by atoms with Crippen molar-refractivity contribution in [3.8, 4) is 11.5 Å². The van der Waals surface area contributed by atoms with E-state index in [4.69, 9.17) is 9.47 Å². The number of hydrogen-bond acceptors (Lipinski definition) is 4. The van der Waals surface area contributed by atoms with Gasteiger partial charge in [0.25, 0.3) is 0 Å². The number of benzene rings is 5. The summed E-state index contributed by atoms with van der Waals surface area (Å²) in [6.07, 6.45) is 0. The summed E-state index contributed by atoms with van der Waals surface area (Å²) in [4.78, 5) is 25.1. The number of carbonyl (C=O) groups excluding carboxylic acids is 2. The first-order valence-corrected chi connectivity index (χ1v) is 11.4. The van der Waals surface area contributed by atoms with E-state index in [1.165, 1.54) is 26.0 Å². The molecule has 0 N–H and O–H groups in total. The van der Waals surface area contributed by atoms with E-state index in [-0.39, 0.29) is 33.8 Å². The Balaban J connectivity index is 1.40. The van der Waals surface area contributed by atoms with Crippen molar-refractivity contribution in [3.05, 3.63) is 118 Å². The minimum atomic E-state index is -1.10. The zero-order valence-corrected chi connectivity index (χ0v) is 20.1. The molecule has 0 aliphatic carbocycles. The summed E-state index contributed by atoms with van der Waals surface area (Å²) in [7, 11) is 0. The van der Waals surface area contributed by atoms with Gasteiger partial charge >= 0.3 is 11.9 Å². The normalized spacial score (nSPS) is 11.1. The van der Waals surface area contributed by atoms with Crippen molar-refractivity contribution in [2.45, 2.75) is 13.8 Å². The molecule has 0 radical (unpaired) electrons. The molecule has 0 saturated heterocycles. The van der Waals surface area contributed by atoms with Crippen LogP contribution < -0.4 is 9.47 Å². The van der Waals surface area contributed by atoms with Crippen LogP contribution in [0.4, 0.5) is 17.6 Å². The van der Waals surface area contributed by atoms with Gasteiger partial charge in [-0.15, -0.1) is 0 Å². The Morgan fingerprint density at radius 1 is 0.526 bits per heavy atom. The van der Waals surface area contributed by atoms with Gasteiger partial charge in [0.05, 0.1) is 11.1 Å². The summed E-state index contributed by atoms with van der Waals surface area (Å²) in [5.41, 5.74) is -0.442. The molecular formula is C30H18F4O4. The van der Waals surface area contributed by atoms with Gasteiger partial charge in [-0.3, -0.25) is 0 Å². The fraction of sp³-hybridized carbons (Fsp3) is 0.0667. The topological polar surface area (TPSA) is 52.6 Å². The fourth-order valence-electron chi connectivity index (χ4n) is 4.15. The number of rotatable bonds is 4. The average Bonchev–Trinajstić information content (AvgIpc) is 2.89. The van der Waals surface area contributed by atoms with E-state index in [1.807, 2.05) is 12.1 Å². The highest BCUT2D eigenvalue weighted by Crippen LogP contribution is 2.30. The molecule has 0 aromatic heterocycles. The highest BCUT2D eigenvalue weighted by atomic mass is 19.2. The molecule has 0 amide bonds. The molecule has 0 aliphatic heterocycles. The molecule has 4 nitrogen and oxygen atoms in total. The number of hydrogen-bond donors (Lipinski definition) is 0. The van der Waals surface area contributed by atoms with Crippen molar-refractivity contribution in [3.63, 3.8) is 0 Å². The Labute approximate surface area is 214 Å². The summed E-state index contributed by atoms with van der Waals surface area (Å²) in [6.45, 7) is 2.60. The van der Waals surface area contributed by atoms with Crippen molar-refractivity contribution in [2.75, 3.05) is 0 Å². The van der Waals surface area contributed by atoms with E-state index in [0.29, 0.717) is 0 Å². The zero-order chi connectivity index (χ0) is 27.1. The van der Waals surface area contributed by atoms with Crippen molar-refractivity contribution in [1.29, 1.82) is 0 Å². The molecule has 38 heavy (non-hydrogen) atoms. The maximum Gasteiger partial charge on any atom is 0.343 e. The molecule has 0 fully saturated rings. The highest BCUT2D eigenvalue weighted by molar-refractivity contribution is 6.00. The number of halogens is 4. The lowest BCUT2D eigenvalue weighted by molar-refractivity contribution is 0.0723. The Morgan fingerprint density at radius 2 is 0.921 bits per heavy atom. The quantitative estimate of drug-likeness (QED) is 0.106. The molecule has 0 saturated carbocycles. The molecule has 5 aromatic rings. The molecule has 190 valence electrons. The molecule has 0 spiro atoms. The molecule has 0 bridgehead atoms. The Morgan fingerprint density at radius 3 is 1.32 bits per heavy atom. The van der Waals surface area contributed by atoms with Crippen LogP contribution >= 0.6 is 0 Å². The largest absolute Gasteiger partial charge is 0.423 e. The molecule has 0 heterocycles. The van der Waals surface area contributed by atoms with Crippen molar-refractivity contribution >= 4 is 33.5 Å². The Bertz CT molecular complexity index is 1650. The third kappa shape index (κ3) is 4.56. The standard InChI is InChI=1S/C30H18F4O4/c1-15-23(7-9-25(31)27(15)33)29(35)37-21-5-3-17-12-20-14-22(6-4-18(20)11-19(17)13-21)38-30(36)24-8-10-26(32)28(34)16(24)2/h3-14H,1-2H3. The lowest BCUT2D eigenvalue weighted by Gasteiger charge is -2.10. The van der Waals surface area contributed by atoms with E-state index in [2.05, 4.69) is 0 Å². The van der Waals surface area contributed by atoms with E-state index in [0.717, 1.165) is 33.7 Å². The lowest BCUT2D eigenvalue weighted by Crippen LogP contribution is -2.12. The fourth-order valence-corrected chi connectivity index (χ4v) is 4.15. The second kappa shape index (κ2) is 9.63.